The SMILES string of the molecule is COc1c(Cl)cc(Cl)cc1CN1CCC(Cc2ncc(C(=O)O)s2)CC1. The highest BCUT2D eigenvalue weighted by molar-refractivity contribution is 7.13. The predicted octanol–water partition coefficient (Wildman–Crippen LogP) is 4.61. The lowest BCUT2D eigenvalue weighted by Gasteiger charge is -2.32. The normalized spacial score (nSPS) is 16.0. The Morgan fingerprint density at radius 3 is 2.73 bits per heavy atom. The van der Waals surface area contributed by atoms with E-state index in [2.05, 4.69) is 9.88 Å². The van der Waals surface area contributed by atoms with Crippen LogP contribution in [0.1, 0.15) is 33.1 Å². The van der Waals surface area contributed by atoms with E-state index in [1.54, 1.807) is 13.2 Å². The highest BCUT2D eigenvalue weighted by Crippen LogP contribution is 2.34. The van der Waals surface area contributed by atoms with Crippen molar-refractivity contribution in [3.05, 3.63) is 43.8 Å². The molecule has 0 bridgehead atoms. The first-order valence-corrected chi connectivity index (χ1v) is 9.95. The van der Waals surface area contributed by atoms with E-state index in [4.69, 9.17) is 33.0 Å². The lowest BCUT2D eigenvalue weighted by molar-refractivity contribution is 0.0702. The summed E-state index contributed by atoms with van der Waals surface area (Å²) in [6, 6.07) is 3.60. The van der Waals surface area contributed by atoms with Gasteiger partial charge in [0.15, 0.2) is 0 Å². The van der Waals surface area contributed by atoms with Crippen LogP contribution in [0.15, 0.2) is 18.3 Å². The Hall–Kier alpha value is -1.34. The Labute approximate surface area is 166 Å². The van der Waals surface area contributed by atoms with E-state index >= 15 is 0 Å². The summed E-state index contributed by atoms with van der Waals surface area (Å²) >= 11 is 13.6. The lowest BCUT2D eigenvalue weighted by Crippen LogP contribution is -2.34. The molecule has 1 aromatic heterocycles. The maximum Gasteiger partial charge on any atom is 0.347 e. The summed E-state index contributed by atoms with van der Waals surface area (Å²) in [4.78, 5) is 17.9. The highest BCUT2D eigenvalue weighted by Gasteiger charge is 2.22. The molecule has 0 aliphatic carbocycles. The summed E-state index contributed by atoms with van der Waals surface area (Å²) in [6.45, 7) is 2.68. The van der Waals surface area contributed by atoms with E-state index in [0.29, 0.717) is 26.6 Å². The fraction of sp³-hybridized carbons (Fsp3) is 0.444. The molecule has 140 valence electrons. The van der Waals surface area contributed by atoms with E-state index < -0.39 is 5.97 Å². The molecule has 5 nitrogen and oxygen atoms in total. The fourth-order valence-electron chi connectivity index (χ4n) is 3.30. The third-order valence-corrected chi connectivity index (χ3v) is 6.12. The number of carboxylic acid groups (broad SMARTS) is 1. The number of likely N-dealkylation sites (tertiary alicyclic amines) is 1. The summed E-state index contributed by atoms with van der Waals surface area (Å²) in [7, 11) is 1.62. The molecule has 1 aliphatic rings. The summed E-state index contributed by atoms with van der Waals surface area (Å²) in [5, 5.41) is 11.0. The zero-order valence-corrected chi connectivity index (χ0v) is 16.7. The first kappa shape index (κ1) is 19.4. The molecule has 1 aromatic carbocycles. The van der Waals surface area contributed by atoms with Gasteiger partial charge in [0.1, 0.15) is 10.6 Å². The molecular weight excluding hydrogens is 395 g/mol. The summed E-state index contributed by atoms with van der Waals surface area (Å²) < 4.78 is 5.42. The van der Waals surface area contributed by atoms with Crippen molar-refractivity contribution in [3.8, 4) is 5.75 Å². The number of carbonyl (C=O) groups is 1. The van der Waals surface area contributed by atoms with Gasteiger partial charge >= 0.3 is 5.97 Å². The second-order valence-corrected chi connectivity index (χ2v) is 8.39. The van der Waals surface area contributed by atoms with Crippen molar-refractivity contribution in [1.29, 1.82) is 0 Å². The highest BCUT2D eigenvalue weighted by atomic mass is 35.5. The molecule has 1 fully saturated rings. The second kappa shape index (κ2) is 8.57. The summed E-state index contributed by atoms with van der Waals surface area (Å²) in [6.07, 6.45) is 4.40. The molecule has 2 aromatic rings. The largest absolute Gasteiger partial charge is 0.495 e. The Bertz CT molecular complexity index is 789. The zero-order chi connectivity index (χ0) is 18.7. The smallest absolute Gasteiger partial charge is 0.347 e. The van der Waals surface area contributed by atoms with Gasteiger partial charge in [0.05, 0.1) is 23.3 Å². The molecule has 0 atom stereocenters. The van der Waals surface area contributed by atoms with Crippen LogP contribution < -0.4 is 4.74 Å². The number of benzene rings is 1. The molecule has 0 saturated carbocycles. The first-order valence-electron chi connectivity index (χ1n) is 8.38. The number of piperidine rings is 1. The number of carboxylic acids is 1. The van der Waals surface area contributed by atoms with Crippen LogP contribution in [0.25, 0.3) is 0 Å². The second-order valence-electron chi connectivity index (χ2n) is 6.43. The third-order valence-electron chi connectivity index (χ3n) is 4.62. The number of aromatic carboxylic acids is 1. The van der Waals surface area contributed by atoms with Crippen molar-refractivity contribution < 1.29 is 14.6 Å². The van der Waals surface area contributed by atoms with Crippen molar-refractivity contribution in [2.75, 3.05) is 20.2 Å². The molecule has 1 aliphatic heterocycles. The van der Waals surface area contributed by atoms with Gasteiger partial charge in [0.2, 0.25) is 0 Å². The van der Waals surface area contributed by atoms with Crippen LogP contribution in [-0.2, 0) is 13.0 Å². The molecule has 0 radical (unpaired) electrons. The molecule has 0 amide bonds. The van der Waals surface area contributed by atoms with Gasteiger partial charge in [-0.3, -0.25) is 4.90 Å². The van der Waals surface area contributed by atoms with E-state index in [-0.39, 0.29) is 0 Å². The average Bonchev–Trinajstić information content (AvgIpc) is 3.05. The van der Waals surface area contributed by atoms with E-state index in [0.717, 1.165) is 49.5 Å². The van der Waals surface area contributed by atoms with Gasteiger partial charge in [-0.1, -0.05) is 23.2 Å². The van der Waals surface area contributed by atoms with Gasteiger partial charge in [0, 0.05) is 23.6 Å². The van der Waals surface area contributed by atoms with Crippen LogP contribution in [-0.4, -0.2) is 41.2 Å². The minimum absolute atomic E-state index is 0.308. The van der Waals surface area contributed by atoms with Gasteiger partial charge in [0.25, 0.3) is 0 Å². The number of methoxy groups -OCH3 is 1. The summed E-state index contributed by atoms with van der Waals surface area (Å²) in [5.74, 6) is 0.309. The zero-order valence-electron chi connectivity index (χ0n) is 14.4. The maximum atomic E-state index is 11.0. The number of hydrogen-bond acceptors (Lipinski definition) is 5. The van der Waals surface area contributed by atoms with Crippen molar-refractivity contribution in [2.24, 2.45) is 5.92 Å². The van der Waals surface area contributed by atoms with Crippen molar-refractivity contribution in [1.82, 2.24) is 9.88 Å². The average molecular weight is 415 g/mol. The van der Waals surface area contributed by atoms with E-state index in [1.807, 2.05) is 6.07 Å². The van der Waals surface area contributed by atoms with Crippen LogP contribution in [0.3, 0.4) is 0 Å². The van der Waals surface area contributed by atoms with Crippen LogP contribution in [0.2, 0.25) is 10.0 Å². The molecule has 0 spiro atoms. The van der Waals surface area contributed by atoms with Crippen LogP contribution in [0.4, 0.5) is 0 Å². The molecule has 8 heteroatoms. The van der Waals surface area contributed by atoms with Crippen molar-refractivity contribution in [2.45, 2.75) is 25.8 Å². The Balaban J connectivity index is 1.56. The number of aromatic nitrogens is 1. The van der Waals surface area contributed by atoms with Crippen LogP contribution in [0, 0.1) is 5.92 Å². The van der Waals surface area contributed by atoms with Crippen molar-refractivity contribution >= 4 is 40.5 Å². The maximum absolute atomic E-state index is 11.0. The van der Waals surface area contributed by atoms with E-state index in [9.17, 15) is 4.79 Å². The molecule has 1 N–H and O–H groups in total. The van der Waals surface area contributed by atoms with Gasteiger partial charge < -0.3 is 9.84 Å². The van der Waals surface area contributed by atoms with E-state index in [1.165, 1.54) is 17.5 Å². The minimum Gasteiger partial charge on any atom is -0.495 e. The number of nitrogens with zero attached hydrogens (tertiary/aromatic N) is 2. The van der Waals surface area contributed by atoms with Gasteiger partial charge in [-0.2, -0.15) is 0 Å². The minimum atomic E-state index is -0.905. The van der Waals surface area contributed by atoms with Gasteiger partial charge in [-0.05, 0) is 44.0 Å². The Morgan fingerprint density at radius 2 is 2.12 bits per heavy atom. The predicted molar refractivity (Wildman–Crippen MR) is 104 cm³/mol. The number of ether oxygens (including phenoxy) is 1. The monoisotopic (exact) mass is 414 g/mol. The van der Waals surface area contributed by atoms with Crippen molar-refractivity contribution in [3.63, 3.8) is 0 Å². The lowest BCUT2D eigenvalue weighted by atomic mass is 9.93. The number of halogens is 2. The summed E-state index contributed by atoms with van der Waals surface area (Å²) in [5.41, 5.74) is 0.995. The number of hydrogen-bond donors (Lipinski definition) is 1. The Kier molecular flexibility index (Phi) is 6.40. The topological polar surface area (TPSA) is 62.7 Å². The van der Waals surface area contributed by atoms with Crippen LogP contribution >= 0.6 is 34.5 Å². The van der Waals surface area contributed by atoms with Gasteiger partial charge in [-0.15, -0.1) is 11.3 Å². The van der Waals surface area contributed by atoms with Crippen LogP contribution in [0.5, 0.6) is 5.75 Å². The van der Waals surface area contributed by atoms with Gasteiger partial charge in [-0.25, -0.2) is 9.78 Å². The Morgan fingerprint density at radius 1 is 1.38 bits per heavy atom. The number of thiazole rings is 1. The quantitative estimate of drug-likeness (QED) is 0.747. The standard InChI is InChI=1S/C18H20Cl2N2O3S/c1-25-17-12(7-13(19)8-14(17)20)10-22-4-2-11(3-5-22)6-16-21-9-15(26-16)18(23)24/h7-9,11H,2-6,10H2,1H3,(H,23,24). The third kappa shape index (κ3) is 4.68. The fourth-order valence-corrected chi connectivity index (χ4v) is 4.78. The molecular formula is C18H20Cl2N2O3S. The molecule has 3 rings (SSSR count). The molecule has 26 heavy (non-hydrogen) atoms. The molecule has 0 unspecified atom stereocenters. The first-order chi connectivity index (χ1) is 12.5. The molecule has 1 saturated heterocycles. The molecule has 2 heterocycles. The number of rotatable bonds is 6.